The number of benzene rings is 1. The topological polar surface area (TPSA) is 81.4 Å². The van der Waals surface area contributed by atoms with Gasteiger partial charge in [0.15, 0.2) is 0 Å². The average molecular weight is 314 g/mol. The lowest BCUT2D eigenvalue weighted by molar-refractivity contribution is -0.137. The first-order chi connectivity index (χ1) is 11.1. The molecule has 120 valence electrons. The van der Waals surface area contributed by atoms with Crippen LogP contribution in [0.1, 0.15) is 24.0 Å². The molecule has 1 aromatic carbocycles. The minimum Gasteiger partial charge on any atom is -0.497 e. The van der Waals surface area contributed by atoms with Gasteiger partial charge in [0.05, 0.1) is 12.8 Å². The second-order valence-corrected chi connectivity index (χ2v) is 5.60. The first kappa shape index (κ1) is 15.3. The van der Waals surface area contributed by atoms with E-state index in [-0.39, 0.29) is 12.0 Å². The van der Waals surface area contributed by atoms with E-state index in [4.69, 9.17) is 9.84 Å². The fourth-order valence-electron chi connectivity index (χ4n) is 2.87. The van der Waals surface area contributed by atoms with Gasteiger partial charge in [-0.25, -0.2) is 4.68 Å². The highest BCUT2D eigenvalue weighted by atomic mass is 16.5. The number of carbonyl (C=O) groups is 1. The summed E-state index contributed by atoms with van der Waals surface area (Å²) in [5.41, 5.74) is 3.71. The standard InChI is InChI=1S/C17H18N2O4/c1-23-13-7-6-11-4-5-12-9-15(20)19(8-2-3-16(21)22)18-17(12)14(11)10-13/h6-7,9-10H,2-5,8H2,1H3,(H,21,22). The summed E-state index contributed by atoms with van der Waals surface area (Å²) in [6.07, 6.45) is 2.06. The van der Waals surface area contributed by atoms with Crippen molar-refractivity contribution in [1.29, 1.82) is 0 Å². The Kier molecular flexibility index (Phi) is 4.14. The largest absolute Gasteiger partial charge is 0.497 e. The molecule has 0 bridgehead atoms. The Labute approximate surface area is 133 Å². The van der Waals surface area contributed by atoms with Gasteiger partial charge in [0.1, 0.15) is 5.75 Å². The Bertz CT molecular complexity index is 811. The molecule has 0 radical (unpaired) electrons. The minimum atomic E-state index is -0.869. The summed E-state index contributed by atoms with van der Waals surface area (Å²) in [6.45, 7) is 0.303. The van der Waals surface area contributed by atoms with Crippen LogP contribution in [0.2, 0.25) is 0 Å². The van der Waals surface area contributed by atoms with Crippen molar-refractivity contribution < 1.29 is 14.6 Å². The van der Waals surface area contributed by atoms with E-state index < -0.39 is 5.97 Å². The summed E-state index contributed by atoms with van der Waals surface area (Å²) in [4.78, 5) is 22.7. The Balaban J connectivity index is 1.99. The van der Waals surface area contributed by atoms with Crippen LogP contribution in [0.25, 0.3) is 11.3 Å². The molecule has 0 aliphatic heterocycles. The molecule has 2 aromatic rings. The summed E-state index contributed by atoms with van der Waals surface area (Å²) in [7, 11) is 1.62. The Morgan fingerprint density at radius 2 is 2.09 bits per heavy atom. The van der Waals surface area contributed by atoms with Crippen LogP contribution in [0.15, 0.2) is 29.1 Å². The highest BCUT2D eigenvalue weighted by molar-refractivity contribution is 5.70. The summed E-state index contributed by atoms with van der Waals surface area (Å²) >= 11 is 0. The van der Waals surface area contributed by atoms with Crippen LogP contribution in [-0.4, -0.2) is 28.0 Å². The van der Waals surface area contributed by atoms with E-state index in [1.807, 2.05) is 18.2 Å². The van der Waals surface area contributed by atoms with Crippen molar-refractivity contribution in [3.05, 3.63) is 45.7 Å². The number of carboxylic acid groups (broad SMARTS) is 1. The molecule has 1 heterocycles. The van der Waals surface area contributed by atoms with Gasteiger partial charge in [-0.3, -0.25) is 9.59 Å². The number of carboxylic acids is 1. The van der Waals surface area contributed by atoms with Crippen LogP contribution < -0.4 is 10.3 Å². The van der Waals surface area contributed by atoms with Gasteiger partial charge in [-0.1, -0.05) is 6.07 Å². The van der Waals surface area contributed by atoms with Gasteiger partial charge in [-0.05, 0) is 42.5 Å². The number of aromatic nitrogens is 2. The van der Waals surface area contributed by atoms with Crippen molar-refractivity contribution in [3.8, 4) is 17.0 Å². The van der Waals surface area contributed by atoms with Gasteiger partial charge in [0, 0.05) is 24.6 Å². The predicted octanol–water partition coefficient (Wildman–Crippen LogP) is 1.88. The molecule has 0 fully saturated rings. The molecule has 1 aliphatic rings. The smallest absolute Gasteiger partial charge is 0.303 e. The fraction of sp³-hybridized carbons (Fsp3) is 0.353. The first-order valence-electron chi connectivity index (χ1n) is 7.58. The molecule has 1 aromatic heterocycles. The number of nitrogens with zero attached hydrogens (tertiary/aromatic N) is 2. The molecular weight excluding hydrogens is 296 g/mol. The second kappa shape index (κ2) is 6.24. The quantitative estimate of drug-likeness (QED) is 0.911. The third kappa shape index (κ3) is 3.11. The molecule has 1 N–H and O–H groups in total. The van der Waals surface area contributed by atoms with Crippen molar-refractivity contribution in [3.63, 3.8) is 0 Å². The number of fused-ring (bicyclic) bond motifs is 3. The number of aryl methyl sites for hydroxylation is 3. The molecule has 6 heteroatoms. The zero-order valence-electron chi connectivity index (χ0n) is 12.9. The van der Waals surface area contributed by atoms with E-state index in [9.17, 15) is 9.59 Å². The van der Waals surface area contributed by atoms with Crippen molar-refractivity contribution >= 4 is 5.97 Å². The molecule has 0 atom stereocenters. The van der Waals surface area contributed by atoms with Crippen LogP contribution in [0.3, 0.4) is 0 Å². The average Bonchev–Trinajstić information content (AvgIpc) is 2.54. The minimum absolute atomic E-state index is 0.0234. The molecule has 23 heavy (non-hydrogen) atoms. The van der Waals surface area contributed by atoms with E-state index in [1.165, 1.54) is 10.2 Å². The van der Waals surface area contributed by atoms with Gasteiger partial charge >= 0.3 is 5.97 Å². The molecule has 3 rings (SSSR count). The number of aliphatic carboxylic acids is 1. The van der Waals surface area contributed by atoms with Crippen LogP contribution in [-0.2, 0) is 24.2 Å². The lowest BCUT2D eigenvalue weighted by atomic mass is 9.89. The molecular formula is C17H18N2O4. The zero-order chi connectivity index (χ0) is 16.4. The highest BCUT2D eigenvalue weighted by Crippen LogP contribution is 2.33. The van der Waals surface area contributed by atoms with Gasteiger partial charge < -0.3 is 9.84 Å². The maximum atomic E-state index is 12.1. The van der Waals surface area contributed by atoms with Crippen molar-refractivity contribution in [1.82, 2.24) is 9.78 Å². The van der Waals surface area contributed by atoms with Crippen molar-refractivity contribution in [2.45, 2.75) is 32.2 Å². The van der Waals surface area contributed by atoms with Crippen LogP contribution in [0, 0.1) is 0 Å². The Morgan fingerprint density at radius 3 is 2.83 bits per heavy atom. The number of hydrogen-bond acceptors (Lipinski definition) is 4. The fourth-order valence-corrected chi connectivity index (χ4v) is 2.87. The van der Waals surface area contributed by atoms with Crippen LogP contribution >= 0.6 is 0 Å². The van der Waals surface area contributed by atoms with Crippen LogP contribution in [0.5, 0.6) is 5.75 Å². The summed E-state index contributed by atoms with van der Waals surface area (Å²) in [6, 6.07) is 7.50. The molecule has 0 spiro atoms. The van der Waals surface area contributed by atoms with E-state index in [1.54, 1.807) is 13.2 Å². The number of ether oxygens (including phenoxy) is 1. The maximum absolute atomic E-state index is 12.1. The van der Waals surface area contributed by atoms with Crippen molar-refractivity contribution in [2.24, 2.45) is 0 Å². The number of rotatable bonds is 5. The van der Waals surface area contributed by atoms with Gasteiger partial charge in [-0.15, -0.1) is 0 Å². The molecule has 6 nitrogen and oxygen atoms in total. The molecule has 0 unspecified atom stereocenters. The monoisotopic (exact) mass is 314 g/mol. The lowest BCUT2D eigenvalue weighted by Crippen LogP contribution is -2.25. The summed E-state index contributed by atoms with van der Waals surface area (Å²) < 4.78 is 6.64. The first-order valence-corrected chi connectivity index (χ1v) is 7.58. The van der Waals surface area contributed by atoms with Gasteiger partial charge in [0.2, 0.25) is 0 Å². The third-order valence-corrected chi connectivity index (χ3v) is 4.07. The molecule has 1 aliphatic carbocycles. The van der Waals surface area contributed by atoms with Gasteiger partial charge in [0.25, 0.3) is 5.56 Å². The molecule has 0 saturated heterocycles. The highest BCUT2D eigenvalue weighted by Gasteiger charge is 2.20. The SMILES string of the molecule is COc1ccc2c(c1)-c1nn(CCCC(=O)O)c(=O)cc1CC2. The van der Waals surface area contributed by atoms with Gasteiger partial charge in [-0.2, -0.15) is 5.10 Å². The Morgan fingerprint density at radius 1 is 1.30 bits per heavy atom. The van der Waals surface area contributed by atoms with Crippen LogP contribution in [0.4, 0.5) is 0 Å². The zero-order valence-corrected chi connectivity index (χ0v) is 12.9. The third-order valence-electron chi connectivity index (χ3n) is 4.07. The normalized spacial score (nSPS) is 12.4. The summed E-state index contributed by atoms with van der Waals surface area (Å²) in [5, 5.41) is 13.2. The molecule has 0 amide bonds. The van der Waals surface area contributed by atoms with E-state index >= 15 is 0 Å². The van der Waals surface area contributed by atoms with E-state index in [0.717, 1.165) is 35.4 Å². The number of hydrogen-bond donors (Lipinski definition) is 1. The predicted molar refractivity (Wildman–Crippen MR) is 84.8 cm³/mol. The lowest BCUT2D eigenvalue weighted by Gasteiger charge is -2.20. The summed E-state index contributed by atoms with van der Waals surface area (Å²) in [5.74, 6) is -0.117. The second-order valence-electron chi connectivity index (χ2n) is 5.60. The maximum Gasteiger partial charge on any atom is 0.303 e. The van der Waals surface area contributed by atoms with E-state index in [0.29, 0.717) is 13.0 Å². The van der Waals surface area contributed by atoms with Crippen molar-refractivity contribution in [2.75, 3.05) is 7.11 Å². The number of methoxy groups -OCH3 is 1. The Hall–Kier alpha value is -2.63. The van der Waals surface area contributed by atoms with E-state index in [2.05, 4.69) is 5.10 Å². The molecule has 0 saturated carbocycles.